The lowest BCUT2D eigenvalue weighted by Gasteiger charge is -2.07. The number of hydrazone groups is 1. The number of rotatable bonds is 7. The van der Waals surface area contributed by atoms with Crippen LogP contribution in [0.4, 0.5) is 5.69 Å². The van der Waals surface area contributed by atoms with Crippen molar-refractivity contribution in [3.05, 3.63) is 104 Å². The van der Waals surface area contributed by atoms with Crippen molar-refractivity contribution in [3.63, 3.8) is 0 Å². The largest absolute Gasteiger partial charge is 0.489 e. The third-order valence-electron chi connectivity index (χ3n) is 4.19. The Morgan fingerprint density at radius 3 is 2.50 bits per heavy atom. The van der Waals surface area contributed by atoms with Crippen LogP contribution in [0.15, 0.2) is 71.8 Å². The van der Waals surface area contributed by atoms with Gasteiger partial charge in [-0.25, -0.2) is 5.43 Å². The summed E-state index contributed by atoms with van der Waals surface area (Å²) >= 11 is 5.77. The average molecular weight is 424 g/mol. The number of benzene rings is 3. The second-order valence-electron chi connectivity index (χ2n) is 6.47. The summed E-state index contributed by atoms with van der Waals surface area (Å²) in [5.41, 5.74) is 5.23. The molecule has 0 aliphatic carbocycles. The van der Waals surface area contributed by atoms with Gasteiger partial charge in [-0.15, -0.1) is 0 Å². The van der Waals surface area contributed by atoms with E-state index >= 15 is 0 Å². The third-order valence-corrected chi connectivity index (χ3v) is 4.51. The van der Waals surface area contributed by atoms with E-state index in [0.717, 1.165) is 5.56 Å². The lowest BCUT2D eigenvalue weighted by Crippen LogP contribution is -2.17. The molecule has 0 heterocycles. The Morgan fingerprint density at radius 2 is 1.83 bits per heavy atom. The van der Waals surface area contributed by atoms with Crippen LogP contribution >= 0.6 is 11.6 Å². The smallest absolute Gasteiger partial charge is 0.288 e. The molecule has 7 nitrogen and oxygen atoms in total. The Balaban J connectivity index is 1.55. The van der Waals surface area contributed by atoms with Crippen molar-refractivity contribution in [3.8, 4) is 5.75 Å². The molecule has 0 aliphatic heterocycles. The van der Waals surface area contributed by atoms with E-state index in [1.54, 1.807) is 30.3 Å². The standard InChI is InChI=1S/C22H18ClN3O4/c1-15-2-4-16(5-3-15)14-30-19-9-7-18(8-10-19)22(27)25-24-13-17-6-11-20(23)21(12-17)26(28)29/h2-13H,14H2,1H3,(H,25,27)/b24-13-. The van der Waals surface area contributed by atoms with Crippen molar-refractivity contribution in [1.82, 2.24) is 5.43 Å². The fourth-order valence-electron chi connectivity index (χ4n) is 2.53. The molecule has 8 heteroatoms. The molecule has 0 spiro atoms. The first kappa shape index (κ1) is 21.0. The molecule has 1 N–H and O–H groups in total. The monoisotopic (exact) mass is 423 g/mol. The number of nitro benzene ring substituents is 1. The summed E-state index contributed by atoms with van der Waals surface area (Å²) in [5.74, 6) is 0.226. The average Bonchev–Trinajstić information content (AvgIpc) is 2.74. The summed E-state index contributed by atoms with van der Waals surface area (Å²) in [6.45, 7) is 2.46. The number of amides is 1. The molecule has 152 valence electrons. The van der Waals surface area contributed by atoms with Gasteiger partial charge < -0.3 is 4.74 Å². The fourth-order valence-corrected chi connectivity index (χ4v) is 2.72. The molecule has 0 radical (unpaired) electrons. The lowest BCUT2D eigenvalue weighted by atomic mass is 10.2. The predicted octanol–water partition coefficient (Wildman–Crippen LogP) is 4.90. The SMILES string of the molecule is Cc1ccc(COc2ccc(C(=O)N/N=C\c3ccc(Cl)c([N+](=O)[O-])c3)cc2)cc1. The van der Waals surface area contributed by atoms with Crippen molar-refractivity contribution in [2.24, 2.45) is 5.10 Å². The maximum atomic E-state index is 12.2. The van der Waals surface area contributed by atoms with Crippen molar-refractivity contribution < 1.29 is 14.5 Å². The molecule has 0 saturated carbocycles. The van der Waals surface area contributed by atoms with Crippen LogP contribution in [-0.2, 0) is 6.61 Å². The van der Waals surface area contributed by atoms with E-state index in [9.17, 15) is 14.9 Å². The number of carbonyl (C=O) groups is 1. The van der Waals surface area contributed by atoms with Gasteiger partial charge in [-0.3, -0.25) is 14.9 Å². The first-order valence-corrected chi connectivity index (χ1v) is 9.36. The molecule has 0 saturated heterocycles. The summed E-state index contributed by atoms with van der Waals surface area (Å²) in [6, 6.07) is 19.0. The Hall–Kier alpha value is -3.71. The zero-order chi connectivity index (χ0) is 21.5. The highest BCUT2D eigenvalue weighted by atomic mass is 35.5. The van der Waals surface area contributed by atoms with E-state index in [1.165, 1.54) is 23.9 Å². The molecule has 0 atom stereocenters. The molecule has 3 aromatic carbocycles. The maximum absolute atomic E-state index is 12.2. The highest BCUT2D eigenvalue weighted by molar-refractivity contribution is 6.32. The molecule has 3 rings (SSSR count). The molecule has 1 amide bonds. The number of halogens is 1. The van der Waals surface area contributed by atoms with Crippen LogP contribution in [0.3, 0.4) is 0 Å². The van der Waals surface area contributed by atoms with Gasteiger partial charge in [0.2, 0.25) is 0 Å². The number of carbonyl (C=O) groups excluding carboxylic acids is 1. The van der Waals surface area contributed by atoms with Crippen molar-refractivity contribution in [2.75, 3.05) is 0 Å². The Bertz CT molecular complexity index is 1080. The molecule has 0 aliphatic rings. The molecule has 0 fully saturated rings. The summed E-state index contributed by atoms with van der Waals surface area (Å²) in [7, 11) is 0. The first-order valence-electron chi connectivity index (χ1n) is 8.98. The van der Waals surface area contributed by atoms with Crippen LogP contribution < -0.4 is 10.2 Å². The van der Waals surface area contributed by atoms with Gasteiger partial charge in [0.1, 0.15) is 17.4 Å². The van der Waals surface area contributed by atoms with Gasteiger partial charge in [-0.1, -0.05) is 47.5 Å². The van der Waals surface area contributed by atoms with Crippen LogP contribution in [-0.4, -0.2) is 17.0 Å². The van der Waals surface area contributed by atoms with E-state index in [4.69, 9.17) is 16.3 Å². The number of hydrogen-bond donors (Lipinski definition) is 1. The summed E-state index contributed by atoms with van der Waals surface area (Å²) in [4.78, 5) is 22.5. The van der Waals surface area contributed by atoms with Crippen molar-refractivity contribution in [1.29, 1.82) is 0 Å². The van der Waals surface area contributed by atoms with E-state index in [2.05, 4.69) is 10.5 Å². The van der Waals surface area contributed by atoms with Crippen LogP contribution in [0.5, 0.6) is 5.75 Å². The van der Waals surface area contributed by atoms with E-state index in [0.29, 0.717) is 23.5 Å². The minimum absolute atomic E-state index is 0.0332. The van der Waals surface area contributed by atoms with Gasteiger partial charge in [-0.05, 0) is 42.8 Å². The highest BCUT2D eigenvalue weighted by Gasteiger charge is 2.12. The Morgan fingerprint density at radius 1 is 1.13 bits per heavy atom. The van der Waals surface area contributed by atoms with Crippen molar-refractivity contribution in [2.45, 2.75) is 13.5 Å². The zero-order valence-corrected chi connectivity index (χ0v) is 16.8. The second kappa shape index (κ2) is 9.67. The molecular weight excluding hydrogens is 406 g/mol. The number of hydrogen-bond acceptors (Lipinski definition) is 5. The number of nitro groups is 1. The van der Waals surface area contributed by atoms with Gasteiger partial charge in [-0.2, -0.15) is 5.10 Å². The highest BCUT2D eigenvalue weighted by Crippen LogP contribution is 2.24. The van der Waals surface area contributed by atoms with Gasteiger partial charge in [0.15, 0.2) is 0 Å². The van der Waals surface area contributed by atoms with Gasteiger partial charge in [0.05, 0.1) is 11.1 Å². The minimum atomic E-state index is -0.583. The minimum Gasteiger partial charge on any atom is -0.489 e. The molecule has 30 heavy (non-hydrogen) atoms. The van der Waals surface area contributed by atoms with E-state index in [-0.39, 0.29) is 10.7 Å². The first-order chi connectivity index (χ1) is 14.4. The maximum Gasteiger partial charge on any atom is 0.288 e. The molecule has 0 bridgehead atoms. The predicted molar refractivity (Wildman–Crippen MR) is 115 cm³/mol. The van der Waals surface area contributed by atoms with Crippen LogP contribution in [0.25, 0.3) is 0 Å². The number of aryl methyl sites for hydroxylation is 1. The zero-order valence-electron chi connectivity index (χ0n) is 16.0. The Labute approximate surface area is 178 Å². The van der Waals surface area contributed by atoms with Crippen LogP contribution in [0, 0.1) is 17.0 Å². The van der Waals surface area contributed by atoms with Gasteiger partial charge in [0.25, 0.3) is 11.6 Å². The normalized spacial score (nSPS) is 10.7. The van der Waals surface area contributed by atoms with Crippen LogP contribution in [0.2, 0.25) is 5.02 Å². The number of nitrogens with one attached hydrogen (secondary N) is 1. The molecular formula is C22H18ClN3O4. The topological polar surface area (TPSA) is 93.8 Å². The Kier molecular flexibility index (Phi) is 6.77. The van der Waals surface area contributed by atoms with Gasteiger partial charge >= 0.3 is 0 Å². The lowest BCUT2D eigenvalue weighted by molar-refractivity contribution is -0.384. The summed E-state index contributed by atoms with van der Waals surface area (Å²) in [6.07, 6.45) is 1.31. The third kappa shape index (κ3) is 5.65. The van der Waals surface area contributed by atoms with Gasteiger partial charge in [0, 0.05) is 17.2 Å². The van der Waals surface area contributed by atoms with E-state index < -0.39 is 10.8 Å². The quantitative estimate of drug-likeness (QED) is 0.332. The second-order valence-corrected chi connectivity index (χ2v) is 6.87. The molecule has 0 unspecified atom stereocenters. The summed E-state index contributed by atoms with van der Waals surface area (Å²) in [5, 5.41) is 14.8. The number of ether oxygens (including phenoxy) is 1. The van der Waals surface area contributed by atoms with E-state index in [1.807, 2.05) is 31.2 Å². The van der Waals surface area contributed by atoms with Crippen LogP contribution in [0.1, 0.15) is 27.0 Å². The summed E-state index contributed by atoms with van der Waals surface area (Å²) < 4.78 is 5.72. The number of nitrogens with zero attached hydrogens (tertiary/aromatic N) is 2. The molecule has 0 aromatic heterocycles. The molecule has 3 aromatic rings. The fraction of sp³-hybridized carbons (Fsp3) is 0.0909. The van der Waals surface area contributed by atoms with Crippen molar-refractivity contribution >= 4 is 29.4 Å².